The summed E-state index contributed by atoms with van der Waals surface area (Å²) in [6.07, 6.45) is 3.25. The van der Waals surface area contributed by atoms with Crippen LogP contribution in [0.2, 0.25) is 0 Å². The molecule has 69 valence electrons. The van der Waals surface area contributed by atoms with Gasteiger partial charge in [-0.2, -0.15) is 0 Å². The molecule has 1 aromatic carbocycles. The van der Waals surface area contributed by atoms with E-state index in [0.717, 1.165) is 12.2 Å². The standard InChI is InChI=1S/C12H15O/c1-9-5-4-6-10-7-8-12(2,3)13-11(9)10/h4-7H,8H2,1-3H3. The third-order valence-electron chi connectivity index (χ3n) is 2.43. The maximum absolute atomic E-state index is 5.92. The van der Waals surface area contributed by atoms with Gasteiger partial charge in [0, 0.05) is 0 Å². The normalized spacial score (nSPS) is 19.0. The molecule has 0 aromatic heterocycles. The van der Waals surface area contributed by atoms with Crippen molar-refractivity contribution in [1.82, 2.24) is 0 Å². The van der Waals surface area contributed by atoms with Gasteiger partial charge in [0.15, 0.2) is 0 Å². The molecule has 0 saturated heterocycles. The largest absolute Gasteiger partial charge is 0.487 e. The number of rotatable bonds is 0. The van der Waals surface area contributed by atoms with Gasteiger partial charge >= 0.3 is 0 Å². The summed E-state index contributed by atoms with van der Waals surface area (Å²) in [5.41, 5.74) is 2.42. The van der Waals surface area contributed by atoms with Crippen LogP contribution in [0.5, 0.6) is 5.75 Å². The first-order chi connectivity index (χ1) is 6.08. The molecule has 0 atom stereocenters. The van der Waals surface area contributed by atoms with Crippen LogP contribution in [0.15, 0.2) is 18.2 Å². The van der Waals surface area contributed by atoms with Crippen molar-refractivity contribution in [3.8, 4) is 5.75 Å². The van der Waals surface area contributed by atoms with Gasteiger partial charge in [0.05, 0.1) is 0 Å². The van der Waals surface area contributed by atoms with E-state index in [2.05, 4.69) is 45.4 Å². The molecule has 1 nitrogen and oxygen atoms in total. The highest BCUT2D eigenvalue weighted by atomic mass is 16.5. The smallest absolute Gasteiger partial charge is 0.126 e. The van der Waals surface area contributed by atoms with Crippen molar-refractivity contribution in [1.29, 1.82) is 0 Å². The molecule has 0 N–H and O–H groups in total. The molecule has 13 heavy (non-hydrogen) atoms. The lowest BCUT2D eigenvalue weighted by molar-refractivity contribution is 0.0977. The molecular formula is C12H15O. The molecule has 1 aliphatic heterocycles. The minimum atomic E-state index is -0.0425. The summed E-state index contributed by atoms with van der Waals surface area (Å²) in [7, 11) is 0. The molecule has 0 unspecified atom stereocenters. The minimum absolute atomic E-state index is 0.0425. The molecule has 2 rings (SSSR count). The fourth-order valence-corrected chi connectivity index (χ4v) is 1.65. The van der Waals surface area contributed by atoms with E-state index in [-0.39, 0.29) is 5.60 Å². The second-order valence-corrected chi connectivity index (χ2v) is 4.26. The Bertz CT molecular complexity index is 326. The highest BCUT2D eigenvalue weighted by Gasteiger charge is 2.27. The quantitative estimate of drug-likeness (QED) is 0.588. The second kappa shape index (κ2) is 2.76. The Hall–Kier alpha value is -0.980. The Morgan fingerprint density at radius 1 is 1.31 bits per heavy atom. The summed E-state index contributed by atoms with van der Waals surface area (Å²) >= 11 is 0. The van der Waals surface area contributed by atoms with Crippen LogP contribution >= 0.6 is 0 Å². The molecule has 0 saturated carbocycles. The van der Waals surface area contributed by atoms with Crippen LogP contribution in [0.25, 0.3) is 0 Å². The predicted octanol–water partition coefficient (Wildman–Crippen LogP) is 3.11. The molecule has 1 heteroatoms. The summed E-state index contributed by atoms with van der Waals surface area (Å²) in [5, 5.41) is 0. The number of ether oxygens (including phenoxy) is 1. The van der Waals surface area contributed by atoms with Crippen LogP contribution in [-0.2, 0) is 0 Å². The predicted molar refractivity (Wildman–Crippen MR) is 53.9 cm³/mol. The van der Waals surface area contributed by atoms with Gasteiger partial charge in [-0.15, -0.1) is 0 Å². The van der Waals surface area contributed by atoms with E-state index in [1.807, 2.05) is 0 Å². The average Bonchev–Trinajstić information content (AvgIpc) is 2.06. The molecule has 1 aromatic rings. The van der Waals surface area contributed by atoms with Gasteiger partial charge in [-0.05, 0) is 44.7 Å². The lowest BCUT2D eigenvalue weighted by atomic mass is 9.93. The highest BCUT2D eigenvalue weighted by Crippen LogP contribution is 2.36. The van der Waals surface area contributed by atoms with Crippen LogP contribution in [0.3, 0.4) is 0 Å². The Morgan fingerprint density at radius 3 is 2.85 bits per heavy atom. The van der Waals surface area contributed by atoms with Gasteiger partial charge in [0.2, 0.25) is 0 Å². The zero-order chi connectivity index (χ0) is 9.47. The molecule has 0 amide bonds. The van der Waals surface area contributed by atoms with E-state index in [1.165, 1.54) is 11.1 Å². The van der Waals surface area contributed by atoms with Crippen LogP contribution in [-0.4, -0.2) is 5.60 Å². The fraction of sp³-hybridized carbons (Fsp3) is 0.417. The third kappa shape index (κ3) is 1.55. The number of para-hydroxylation sites is 1. The number of fused-ring (bicyclic) bond motifs is 1. The average molecular weight is 175 g/mol. The number of hydrogen-bond acceptors (Lipinski definition) is 1. The van der Waals surface area contributed by atoms with E-state index in [4.69, 9.17) is 4.74 Å². The van der Waals surface area contributed by atoms with Crippen molar-refractivity contribution in [2.24, 2.45) is 0 Å². The van der Waals surface area contributed by atoms with Crippen molar-refractivity contribution >= 4 is 0 Å². The van der Waals surface area contributed by atoms with Gasteiger partial charge in [-0.3, -0.25) is 0 Å². The van der Waals surface area contributed by atoms with E-state index < -0.39 is 0 Å². The first-order valence-corrected chi connectivity index (χ1v) is 4.70. The lowest BCUT2D eigenvalue weighted by Gasteiger charge is -2.33. The van der Waals surface area contributed by atoms with Gasteiger partial charge in [-0.1, -0.05) is 18.2 Å². The lowest BCUT2D eigenvalue weighted by Crippen LogP contribution is -2.32. The molecule has 1 heterocycles. The maximum Gasteiger partial charge on any atom is 0.126 e. The zero-order valence-corrected chi connectivity index (χ0v) is 8.42. The number of hydrogen-bond donors (Lipinski definition) is 0. The SMILES string of the molecule is Cc1cccc2c1OC(C)(C)C[CH]2. The Balaban J connectivity index is 2.44. The Kier molecular flexibility index (Phi) is 1.83. The summed E-state index contributed by atoms with van der Waals surface area (Å²) in [5.74, 6) is 1.05. The van der Waals surface area contributed by atoms with Gasteiger partial charge in [-0.25, -0.2) is 0 Å². The molecule has 0 aliphatic carbocycles. The molecule has 0 bridgehead atoms. The van der Waals surface area contributed by atoms with Crippen molar-refractivity contribution in [3.63, 3.8) is 0 Å². The van der Waals surface area contributed by atoms with Crippen molar-refractivity contribution in [3.05, 3.63) is 35.7 Å². The van der Waals surface area contributed by atoms with Gasteiger partial charge < -0.3 is 4.74 Å². The molecular weight excluding hydrogens is 160 g/mol. The Morgan fingerprint density at radius 2 is 2.08 bits per heavy atom. The van der Waals surface area contributed by atoms with Crippen LogP contribution in [0.4, 0.5) is 0 Å². The first kappa shape index (κ1) is 8.61. The van der Waals surface area contributed by atoms with Crippen molar-refractivity contribution in [2.45, 2.75) is 32.8 Å². The number of aryl methyl sites for hydroxylation is 1. The summed E-state index contributed by atoms with van der Waals surface area (Å²) in [6.45, 7) is 6.34. The third-order valence-corrected chi connectivity index (χ3v) is 2.43. The molecule has 1 aliphatic rings. The monoisotopic (exact) mass is 175 g/mol. The van der Waals surface area contributed by atoms with Gasteiger partial charge in [0.25, 0.3) is 0 Å². The van der Waals surface area contributed by atoms with E-state index in [1.54, 1.807) is 0 Å². The highest BCUT2D eigenvalue weighted by molar-refractivity contribution is 5.46. The van der Waals surface area contributed by atoms with Crippen molar-refractivity contribution in [2.75, 3.05) is 0 Å². The van der Waals surface area contributed by atoms with Crippen LogP contribution < -0.4 is 4.74 Å². The minimum Gasteiger partial charge on any atom is -0.487 e. The molecule has 0 spiro atoms. The second-order valence-electron chi connectivity index (χ2n) is 4.26. The molecule has 1 radical (unpaired) electrons. The number of benzene rings is 1. The zero-order valence-electron chi connectivity index (χ0n) is 8.42. The molecule has 0 fully saturated rings. The van der Waals surface area contributed by atoms with E-state index in [9.17, 15) is 0 Å². The summed E-state index contributed by atoms with van der Waals surface area (Å²) in [6, 6.07) is 6.28. The van der Waals surface area contributed by atoms with Gasteiger partial charge in [0.1, 0.15) is 11.4 Å². The van der Waals surface area contributed by atoms with Crippen LogP contribution in [0.1, 0.15) is 31.4 Å². The van der Waals surface area contributed by atoms with Crippen molar-refractivity contribution < 1.29 is 4.74 Å². The van der Waals surface area contributed by atoms with Crippen LogP contribution in [0, 0.1) is 13.3 Å². The first-order valence-electron chi connectivity index (χ1n) is 4.70. The topological polar surface area (TPSA) is 9.23 Å². The fourth-order valence-electron chi connectivity index (χ4n) is 1.65. The Labute approximate surface area is 79.7 Å². The summed E-state index contributed by atoms with van der Waals surface area (Å²) in [4.78, 5) is 0. The van der Waals surface area contributed by atoms with E-state index in [0.29, 0.717) is 0 Å². The van der Waals surface area contributed by atoms with E-state index >= 15 is 0 Å². The summed E-state index contributed by atoms with van der Waals surface area (Å²) < 4.78 is 5.92. The maximum atomic E-state index is 5.92.